The van der Waals surface area contributed by atoms with Crippen LogP contribution in [0.1, 0.15) is 82.2 Å². The minimum absolute atomic E-state index is 0.0443. The van der Waals surface area contributed by atoms with Gasteiger partial charge in [-0.2, -0.15) is 0 Å². The lowest BCUT2D eigenvalue weighted by molar-refractivity contribution is -0.123. The van der Waals surface area contributed by atoms with Gasteiger partial charge in [0.1, 0.15) is 17.5 Å². The van der Waals surface area contributed by atoms with Gasteiger partial charge in [-0.1, -0.05) is 20.8 Å². The molecule has 2 aromatic heterocycles. The lowest BCUT2D eigenvalue weighted by Gasteiger charge is -2.40. The van der Waals surface area contributed by atoms with Crippen LogP contribution in [-0.4, -0.2) is 67.1 Å². The molecule has 192 valence electrons. The zero-order valence-corrected chi connectivity index (χ0v) is 21.0. The van der Waals surface area contributed by atoms with Gasteiger partial charge in [0, 0.05) is 41.4 Å². The van der Waals surface area contributed by atoms with Crippen LogP contribution in [-0.2, 0) is 33.4 Å². The second-order valence-corrected chi connectivity index (χ2v) is 10.6. The SMILES string of the molecule is CC(C)(C)c1nc(NC2CCC2)c2c(n1)C1(CCCN(Cc3ncc[nH]3)C1)CC2.O=CO.O=CO. The Morgan fingerprint density at radius 1 is 1.17 bits per heavy atom. The number of likely N-dealkylation sites (tertiary alicyclic amines) is 1. The fourth-order valence-electron chi connectivity index (χ4n) is 5.20. The Hall–Kier alpha value is -3.01. The Labute approximate surface area is 206 Å². The van der Waals surface area contributed by atoms with E-state index < -0.39 is 0 Å². The highest BCUT2D eigenvalue weighted by molar-refractivity contribution is 5.53. The minimum atomic E-state index is -0.250. The molecule has 10 nitrogen and oxygen atoms in total. The Kier molecular flexibility index (Phi) is 8.82. The van der Waals surface area contributed by atoms with Crippen LogP contribution in [0.2, 0.25) is 0 Å². The van der Waals surface area contributed by atoms with E-state index in [1.165, 1.54) is 49.8 Å². The molecule has 1 unspecified atom stereocenters. The van der Waals surface area contributed by atoms with E-state index in [0.717, 1.165) is 43.5 Å². The molecule has 0 aromatic carbocycles. The number of imidazole rings is 1. The smallest absolute Gasteiger partial charge is 0.290 e. The summed E-state index contributed by atoms with van der Waals surface area (Å²) in [7, 11) is 0. The maximum absolute atomic E-state index is 8.36. The number of piperidine rings is 1. The molecule has 35 heavy (non-hydrogen) atoms. The summed E-state index contributed by atoms with van der Waals surface area (Å²) in [5.74, 6) is 3.18. The van der Waals surface area contributed by atoms with Gasteiger partial charge in [0.25, 0.3) is 12.9 Å². The largest absolute Gasteiger partial charge is 0.483 e. The first-order valence-electron chi connectivity index (χ1n) is 12.3. The quantitative estimate of drug-likeness (QED) is 0.478. The summed E-state index contributed by atoms with van der Waals surface area (Å²) in [4.78, 5) is 37.3. The lowest BCUT2D eigenvalue weighted by Crippen LogP contribution is -2.45. The van der Waals surface area contributed by atoms with Crippen LogP contribution < -0.4 is 5.32 Å². The molecule has 5 rings (SSSR count). The Morgan fingerprint density at radius 2 is 1.89 bits per heavy atom. The van der Waals surface area contributed by atoms with E-state index in [1.807, 2.05) is 12.4 Å². The predicted molar refractivity (Wildman–Crippen MR) is 132 cm³/mol. The van der Waals surface area contributed by atoms with Crippen molar-refractivity contribution in [1.29, 1.82) is 0 Å². The molecule has 3 heterocycles. The second kappa shape index (κ2) is 11.6. The monoisotopic (exact) mass is 486 g/mol. The molecule has 0 bridgehead atoms. The maximum atomic E-state index is 8.36. The molecular weight excluding hydrogens is 448 g/mol. The number of carbonyl (C=O) groups is 2. The first kappa shape index (κ1) is 26.6. The molecule has 3 aliphatic rings. The number of H-pyrrole nitrogens is 1. The number of nitrogens with one attached hydrogen (secondary N) is 2. The number of anilines is 1. The zero-order chi connectivity index (χ0) is 25.5. The molecule has 1 atom stereocenters. The first-order valence-corrected chi connectivity index (χ1v) is 12.3. The molecule has 1 saturated heterocycles. The molecule has 2 aromatic rings. The molecule has 2 fully saturated rings. The maximum Gasteiger partial charge on any atom is 0.290 e. The van der Waals surface area contributed by atoms with E-state index in [1.54, 1.807) is 0 Å². The number of hydrogen-bond acceptors (Lipinski definition) is 7. The Morgan fingerprint density at radius 3 is 2.46 bits per heavy atom. The number of fused-ring (bicyclic) bond motifs is 2. The fraction of sp³-hybridized carbons (Fsp3) is 0.640. The van der Waals surface area contributed by atoms with Crippen molar-refractivity contribution in [1.82, 2.24) is 24.8 Å². The second-order valence-electron chi connectivity index (χ2n) is 10.6. The number of rotatable bonds is 4. The van der Waals surface area contributed by atoms with Gasteiger partial charge in [-0.15, -0.1) is 0 Å². The molecule has 4 N–H and O–H groups in total. The fourth-order valence-corrected chi connectivity index (χ4v) is 5.20. The highest BCUT2D eigenvalue weighted by atomic mass is 16.3. The van der Waals surface area contributed by atoms with E-state index >= 15 is 0 Å². The summed E-state index contributed by atoms with van der Waals surface area (Å²) in [6.45, 7) is 9.30. The summed E-state index contributed by atoms with van der Waals surface area (Å²) in [5, 5.41) is 17.6. The van der Waals surface area contributed by atoms with Gasteiger partial charge in [-0.3, -0.25) is 14.5 Å². The van der Waals surface area contributed by atoms with Gasteiger partial charge in [0.2, 0.25) is 0 Å². The van der Waals surface area contributed by atoms with Gasteiger partial charge in [-0.05, 0) is 51.5 Å². The van der Waals surface area contributed by atoms with Gasteiger partial charge in [0.15, 0.2) is 0 Å². The summed E-state index contributed by atoms with van der Waals surface area (Å²) in [6.07, 6.45) is 12.4. The van der Waals surface area contributed by atoms with E-state index in [2.05, 4.69) is 41.0 Å². The molecule has 10 heteroatoms. The third kappa shape index (κ3) is 6.36. The molecule has 1 saturated carbocycles. The third-order valence-electron chi connectivity index (χ3n) is 7.06. The summed E-state index contributed by atoms with van der Waals surface area (Å²) < 4.78 is 0. The summed E-state index contributed by atoms with van der Waals surface area (Å²) >= 11 is 0. The first-order chi connectivity index (χ1) is 16.8. The van der Waals surface area contributed by atoms with E-state index in [-0.39, 0.29) is 23.8 Å². The topological polar surface area (TPSA) is 144 Å². The van der Waals surface area contributed by atoms with Crippen molar-refractivity contribution in [2.45, 2.75) is 89.1 Å². The highest BCUT2D eigenvalue weighted by Crippen LogP contribution is 2.47. The molecule has 0 radical (unpaired) electrons. The van der Waals surface area contributed by atoms with Crippen molar-refractivity contribution in [2.24, 2.45) is 0 Å². The van der Waals surface area contributed by atoms with Crippen molar-refractivity contribution in [3.8, 4) is 0 Å². The molecule has 1 spiro atoms. The normalized spacial score (nSPS) is 21.6. The van der Waals surface area contributed by atoms with Gasteiger partial charge in [-0.25, -0.2) is 15.0 Å². The van der Waals surface area contributed by atoms with Crippen molar-refractivity contribution < 1.29 is 19.8 Å². The van der Waals surface area contributed by atoms with Crippen LogP contribution in [0.25, 0.3) is 0 Å². The standard InChI is InChI=1S/C23H34N6.2CH2O2/c1-22(2,3)21-27-19-17(20(28-21)26-16-6-4-7-16)8-10-23(19)9-5-13-29(15-23)14-18-24-11-12-25-18;2*2-1-3/h11-12,16H,4-10,13-15H2,1-3H3,(H,24,25)(H,26,27,28);2*1H,(H,2,3). The minimum Gasteiger partial charge on any atom is -0.483 e. The van der Waals surface area contributed by atoms with Crippen molar-refractivity contribution in [3.05, 3.63) is 35.3 Å². The van der Waals surface area contributed by atoms with Gasteiger partial charge < -0.3 is 20.5 Å². The van der Waals surface area contributed by atoms with Gasteiger partial charge >= 0.3 is 0 Å². The van der Waals surface area contributed by atoms with Gasteiger partial charge in [0.05, 0.1) is 12.2 Å². The van der Waals surface area contributed by atoms with Crippen LogP contribution in [0.4, 0.5) is 5.82 Å². The summed E-state index contributed by atoms with van der Waals surface area (Å²) in [6, 6.07) is 0.597. The summed E-state index contributed by atoms with van der Waals surface area (Å²) in [5.41, 5.74) is 2.85. The van der Waals surface area contributed by atoms with Crippen molar-refractivity contribution in [2.75, 3.05) is 18.4 Å². The van der Waals surface area contributed by atoms with Crippen molar-refractivity contribution in [3.63, 3.8) is 0 Å². The van der Waals surface area contributed by atoms with E-state index in [0.29, 0.717) is 6.04 Å². The number of aromatic amines is 1. The van der Waals surface area contributed by atoms with E-state index in [9.17, 15) is 0 Å². The van der Waals surface area contributed by atoms with Crippen LogP contribution >= 0.6 is 0 Å². The molecule has 0 amide bonds. The predicted octanol–water partition coefficient (Wildman–Crippen LogP) is 3.34. The Bertz CT molecular complexity index is 965. The Balaban J connectivity index is 0.000000520. The highest BCUT2D eigenvalue weighted by Gasteiger charge is 2.45. The number of nitrogens with zero attached hydrogens (tertiary/aromatic N) is 4. The average molecular weight is 487 g/mol. The zero-order valence-electron chi connectivity index (χ0n) is 21.0. The van der Waals surface area contributed by atoms with Crippen LogP contribution in [0.3, 0.4) is 0 Å². The molecule has 2 aliphatic carbocycles. The van der Waals surface area contributed by atoms with Crippen LogP contribution in [0, 0.1) is 0 Å². The van der Waals surface area contributed by atoms with Crippen LogP contribution in [0.15, 0.2) is 12.4 Å². The van der Waals surface area contributed by atoms with Crippen molar-refractivity contribution >= 4 is 18.8 Å². The number of hydrogen-bond donors (Lipinski definition) is 4. The average Bonchev–Trinajstić information content (AvgIpc) is 3.40. The van der Waals surface area contributed by atoms with E-state index in [4.69, 9.17) is 29.8 Å². The lowest BCUT2D eigenvalue weighted by atomic mass is 9.77. The van der Waals surface area contributed by atoms with Crippen LogP contribution in [0.5, 0.6) is 0 Å². The molecular formula is C25H38N6O4. The third-order valence-corrected chi connectivity index (χ3v) is 7.06. The molecule has 1 aliphatic heterocycles. The number of carboxylic acid groups (broad SMARTS) is 2. The number of aromatic nitrogens is 4.